The van der Waals surface area contributed by atoms with Crippen LogP contribution in [0.1, 0.15) is 18.9 Å². The number of carbonyl (C=O) groups excluding carboxylic acids is 1. The van der Waals surface area contributed by atoms with Gasteiger partial charge in [0, 0.05) is 30.3 Å². The average Bonchev–Trinajstić information content (AvgIpc) is 2.88. The van der Waals surface area contributed by atoms with Crippen LogP contribution >= 0.6 is 23.8 Å². The highest BCUT2D eigenvalue weighted by Gasteiger charge is 2.41. The summed E-state index contributed by atoms with van der Waals surface area (Å²) < 4.78 is 5.21. The normalized spacial score (nSPS) is 20.3. The molecule has 2 rings (SSSR count). The molecule has 2 atom stereocenters. The summed E-state index contributed by atoms with van der Waals surface area (Å²) in [6.45, 7) is 1.75. The second kappa shape index (κ2) is 7.62. The smallest absolute Gasteiger partial charge is 0.302 e. The van der Waals surface area contributed by atoms with E-state index in [2.05, 4.69) is 11.3 Å². The lowest BCUT2D eigenvalue weighted by Crippen LogP contribution is -2.30. The minimum Gasteiger partial charge on any atom is -0.463 e. The van der Waals surface area contributed by atoms with Crippen LogP contribution in [0, 0.1) is 11.2 Å². The molecule has 1 aliphatic heterocycles. The molecule has 1 aromatic carbocycles. The second-order valence-corrected chi connectivity index (χ2v) is 6.27. The van der Waals surface area contributed by atoms with Crippen LogP contribution in [0.15, 0.2) is 24.3 Å². The van der Waals surface area contributed by atoms with E-state index in [1.807, 2.05) is 24.3 Å². The first-order chi connectivity index (χ1) is 10.5. The van der Waals surface area contributed by atoms with E-state index in [1.54, 1.807) is 0 Å². The summed E-state index contributed by atoms with van der Waals surface area (Å²) in [4.78, 5) is 11.7. The lowest BCUT2D eigenvalue weighted by atomic mass is 9.44. The molecular formula is C15H16BClN2O2S. The van der Waals surface area contributed by atoms with Gasteiger partial charge in [-0.05, 0) is 30.4 Å². The number of esters is 1. The first-order valence-corrected chi connectivity index (χ1v) is 7.87. The van der Waals surface area contributed by atoms with Crippen molar-refractivity contribution in [2.24, 2.45) is 0 Å². The van der Waals surface area contributed by atoms with Gasteiger partial charge in [0.15, 0.2) is 0 Å². The lowest BCUT2D eigenvalue weighted by molar-refractivity contribution is -0.145. The van der Waals surface area contributed by atoms with Gasteiger partial charge in [-0.25, -0.2) is 5.26 Å². The molecule has 7 heteroatoms. The molecule has 1 heterocycles. The molecular weight excluding hydrogens is 319 g/mol. The Bertz CT molecular complexity index is 603. The van der Waals surface area contributed by atoms with Crippen LogP contribution in [0.25, 0.3) is 0 Å². The van der Waals surface area contributed by atoms with E-state index in [-0.39, 0.29) is 24.6 Å². The summed E-state index contributed by atoms with van der Waals surface area (Å²) in [6.07, 6.45) is 0.927. The number of nitrogens with zero attached hydrogens (tertiary/aromatic N) is 1. The third-order valence-electron chi connectivity index (χ3n) is 3.73. The highest BCUT2D eigenvalue weighted by atomic mass is 35.5. The molecule has 0 aliphatic carbocycles. The third kappa shape index (κ3) is 4.46. The molecule has 114 valence electrons. The Morgan fingerprint density at radius 2 is 2.23 bits per heavy atom. The Balaban J connectivity index is 1.92. The van der Waals surface area contributed by atoms with Crippen LogP contribution in [0.2, 0.25) is 17.2 Å². The van der Waals surface area contributed by atoms with Crippen LogP contribution in [0.3, 0.4) is 0 Å². The van der Waals surface area contributed by atoms with Crippen molar-refractivity contribution in [1.29, 1.82) is 5.26 Å². The van der Waals surface area contributed by atoms with Gasteiger partial charge in [-0.2, -0.15) is 0 Å². The van der Waals surface area contributed by atoms with Crippen molar-refractivity contribution in [3.63, 3.8) is 0 Å². The number of hydrogen-bond acceptors (Lipinski definition) is 4. The van der Waals surface area contributed by atoms with Gasteiger partial charge in [-0.15, -0.1) is 0 Å². The van der Waals surface area contributed by atoms with Gasteiger partial charge in [0.2, 0.25) is 0 Å². The van der Waals surface area contributed by atoms with Gasteiger partial charge in [-0.1, -0.05) is 36.0 Å². The maximum absolute atomic E-state index is 11.0. The molecule has 2 unspecified atom stereocenters. The summed E-state index contributed by atoms with van der Waals surface area (Å²) in [5.74, 6) is 1.88. The highest BCUT2D eigenvalue weighted by molar-refractivity contribution is 7.80. The molecule has 1 fully saturated rings. The number of rotatable bonds is 4. The van der Waals surface area contributed by atoms with Gasteiger partial charge in [-0.3, -0.25) is 4.79 Å². The van der Waals surface area contributed by atoms with Gasteiger partial charge in [0.1, 0.15) is 0 Å². The summed E-state index contributed by atoms with van der Waals surface area (Å²) in [6, 6.07) is 7.50. The largest absolute Gasteiger partial charge is 0.463 e. The Kier molecular flexibility index (Phi) is 5.81. The van der Waals surface area contributed by atoms with Crippen LogP contribution < -0.4 is 5.32 Å². The van der Waals surface area contributed by atoms with Crippen molar-refractivity contribution in [3.8, 4) is 5.97 Å². The van der Waals surface area contributed by atoms with Crippen molar-refractivity contribution in [3.05, 3.63) is 34.9 Å². The first kappa shape index (κ1) is 16.8. The molecule has 1 saturated heterocycles. The second-order valence-electron chi connectivity index (χ2n) is 5.39. The molecule has 0 saturated carbocycles. The number of halogens is 1. The molecule has 1 aliphatic rings. The minimum atomic E-state index is -0.317. The number of thiocarbonyl (C=S) groups is 1. The molecule has 0 aromatic heterocycles. The molecule has 4 nitrogen and oxygen atoms in total. The summed E-state index contributed by atoms with van der Waals surface area (Å²) >= 11 is 11.3. The number of nitrogens with one attached hydrogen (secondary N) is 1. The summed E-state index contributed by atoms with van der Waals surface area (Å²) in [7, 11) is 0. The van der Waals surface area contributed by atoms with Gasteiger partial charge in [0.25, 0.3) is 6.71 Å². The SMILES string of the molecule is CC(=O)OC1CB(C#N)C(C(=S)NCc2ccc(Cl)cc2)C1. The predicted molar refractivity (Wildman–Crippen MR) is 91.0 cm³/mol. The molecule has 22 heavy (non-hydrogen) atoms. The Hall–Kier alpha value is -1.58. The van der Waals surface area contributed by atoms with Gasteiger partial charge in [0.05, 0.1) is 11.1 Å². The van der Waals surface area contributed by atoms with Crippen molar-refractivity contribution in [1.82, 2.24) is 5.32 Å². The van der Waals surface area contributed by atoms with Gasteiger partial charge < -0.3 is 10.1 Å². The van der Waals surface area contributed by atoms with E-state index in [0.29, 0.717) is 29.3 Å². The Labute approximate surface area is 140 Å². The topological polar surface area (TPSA) is 62.1 Å². The number of ether oxygens (including phenoxy) is 1. The van der Waals surface area contributed by atoms with Crippen molar-refractivity contribution >= 4 is 41.5 Å². The molecule has 0 bridgehead atoms. The van der Waals surface area contributed by atoms with E-state index in [1.165, 1.54) is 6.92 Å². The van der Waals surface area contributed by atoms with E-state index >= 15 is 0 Å². The van der Waals surface area contributed by atoms with E-state index in [4.69, 9.17) is 28.6 Å². The predicted octanol–water partition coefficient (Wildman–Crippen LogP) is 3.02. The van der Waals surface area contributed by atoms with Crippen LogP contribution in [0.5, 0.6) is 0 Å². The number of carbonyl (C=O) groups is 1. The van der Waals surface area contributed by atoms with Crippen molar-refractivity contribution in [2.45, 2.75) is 38.1 Å². The molecule has 1 N–H and O–H groups in total. The third-order valence-corrected chi connectivity index (χ3v) is 4.43. The van der Waals surface area contributed by atoms with Crippen LogP contribution in [-0.2, 0) is 16.1 Å². The number of benzene rings is 1. The number of hydrogen-bond donors (Lipinski definition) is 1. The van der Waals surface area contributed by atoms with Crippen molar-refractivity contribution < 1.29 is 9.53 Å². The summed E-state index contributed by atoms with van der Waals surface area (Å²) in [5, 5.41) is 13.1. The fourth-order valence-corrected chi connectivity index (χ4v) is 3.14. The zero-order chi connectivity index (χ0) is 16.1. The highest BCUT2D eigenvalue weighted by Crippen LogP contribution is 2.33. The Morgan fingerprint density at radius 3 is 2.82 bits per heavy atom. The van der Waals surface area contributed by atoms with Crippen LogP contribution in [0.4, 0.5) is 0 Å². The van der Waals surface area contributed by atoms with Crippen LogP contribution in [-0.4, -0.2) is 23.8 Å². The first-order valence-electron chi connectivity index (χ1n) is 7.08. The van der Waals surface area contributed by atoms with E-state index in [9.17, 15) is 10.1 Å². The van der Waals surface area contributed by atoms with Crippen molar-refractivity contribution in [2.75, 3.05) is 0 Å². The monoisotopic (exact) mass is 334 g/mol. The quantitative estimate of drug-likeness (QED) is 0.521. The fraction of sp³-hybridized carbons (Fsp3) is 0.400. The summed E-state index contributed by atoms with van der Waals surface area (Å²) in [5.41, 5.74) is 1.06. The van der Waals surface area contributed by atoms with E-state index < -0.39 is 0 Å². The van der Waals surface area contributed by atoms with E-state index in [0.717, 1.165) is 5.56 Å². The fourth-order valence-electron chi connectivity index (χ4n) is 2.68. The zero-order valence-electron chi connectivity index (χ0n) is 12.2. The lowest BCUT2D eigenvalue weighted by Gasteiger charge is -2.16. The number of nitriles is 1. The Morgan fingerprint density at radius 1 is 1.55 bits per heavy atom. The average molecular weight is 335 g/mol. The zero-order valence-corrected chi connectivity index (χ0v) is 13.8. The minimum absolute atomic E-state index is 0.0725. The maximum Gasteiger partial charge on any atom is 0.302 e. The standard InChI is InChI=1S/C15H16BClN2O2S/c1-10(20)21-13-6-14(16(7-13)9-18)15(22)19-8-11-2-4-12(17)5-3-11/h2-5,13-14H,6-8H2,1H3,(H,19,22). The molecule has 0 radical (unpaired) electrons. The maximum atomic E-state index is 11.0. The molecule has 0 amide bonds. The van der Waals surface area contributed by atoms with Gasteiger partial charge >= 0.3 is 5.97 Å². The molecule has 1 aromatic rings. The molecule has 0 spiro atoms.